The third kappa shape index (κ3) is 2.66. The molecule has 1 heterocycles. The molecule has 0 radical (unpaired) electrons. The van der Waals surface area contributed by atoms with Crippen LogP contribution in [-0.2, 0) is 13.1 Å². The number of hydrogen-bond donors (Lipinski definition) is 1. The van der Waals surface area contributed by atoms with E-state index in [4.69, 9.17) is 0 Å². The first-order valence-electron chi connectivity index (χ1n) is 7.22. The molecular formula is C14H27N5. The lowest BCUT2D eigenvalue weighted by molar-refractivity contribution is 0.442. The predicted octanol–water partition coefficient (Wildman–Crippen LogP) is 2.10. The Morgan fingerprint density at radius 3 is 2.37 bits per heavy atom. The van der Waals surface area contributed by atoms with Crippen LogP contribution in [0.1, 0.15) is 47.4 Å². The van der Waals surface area contributed by atoms with Crippen LogP contribution in [0.2, 0.25) is 0 Å². The fourth-order valence-corrected chi connectivity index (χ4v) is 2.93. The van der Waals surface area contributed by atoms with Gasteiger partial charge >= 0.3 is 0 Å². The maximum atomic E-state index is 4.14. The highest BCUT2D eigenvalue weighted by Crippen LogP contribution is 2.68. The van der Waals surface area contributed by atoms with Gasteiger partial charge in [-0.1, -0.05) is 41.5 Å². The number of nitrogens with zero attached hydrogens (tertiary/aromatic N) is 4. The fraction of sp³-hybridized carbons (Fsp3) is 0.929. The van der Waals surface area contributed by atoms with E-state index in [-0.39, 0.29) is 0 Å². The van der Waals surface area contributed by atoms with Crippen molar-refractivity contribution in [2.75, 3.05) is 6.54 Å². The highest BCUT2D eigenvalue weighted by atomic mass is 15.5. The summed E-state index contributed by atoms with van der Waals surface area (Å²) < 4.78 is 1.97. The van der Waals surface area contributed by atoms with Gasteiger partial charge in [0.1, 0.15) is 0 Å². The Morgan fingerprint density at radius 2 is 1.84 bits per heavy atom. The van der Waals surface area contributed by atoms with Gasteiger partial charge in [-0.05, 0) is 39.6 Å². The van der Waals surface area contributed by atoms with E-state index in [1.165, 1.54) is 0 Å². The second-order valence-corrected chi connectivity index (χ2v) is 7.30. The van der Waals surface area contributed by atoms with E-state index < -0.39 is 0 Å². The minimum absolute atomic E-state index is 0.377. The van der Waals surface area contributed by atoms with E-state index in [1.54, 1.807) is 0 Å². The Labute approximate surface area is 116 Å². The molecule has 1 aromatic rings. The third-order valence-corrected chi connectivity index (χ3v) is 5.12. The zero-order chi connectivity index (χ0) is 14.3. The molecule has 0 amide bonds. The van der Waals surface area contributed by atoms with Crippen LogP contribution in [0.3, 0.4) is 0 Å². The first kappa shape index (κ1) is 14.4. The first-order valence-corrected chi connectivity index (χ1v) is 7.22. The van der Waals surface area contributed by atoms with Gasteiger partial charge in [0.15, 0.2) is 5.82 Å². The molecule has 0 bridgehead atoms. The van der Waals surface area contributed by atoms with Gasteiger partial charge in [-0.15, -0.1) is 5.10 Å². The van der Waals surface area contributed by atoms with Crippen LogP contribution in [0.5, 0.6) is 0 Å². The molecule has 1 aliphatic rings. The van der Waals surface area contributed by atoms with Gasteiger partial charge in [-0.3, -0.25) is 0 Å². The van der Waals surface area contributed by atoms with Crippen molar-refractivity contribution in [3.05, 3.63) is 5.82 Å². The lowest BCUT2D eigenvalue weighted by atomic mass is 10.0. The van der Waals surface area contributed by atoms with Gasteiger partial charge in [0.25, 0.3) is 0 Å². The van der Waals surface area contributed by atoms with Crippen LogP contribution in [0.15, 0.2) is 0 Å². The maximum absolute atomic E-state index is 4.14. The van der Waals surface area contributed by atoms with Crippen LogP contribution in [0.25, 0.3) is 0 Å². The molecule has 1 saturated carbocycles. The minimum Gasteiger partial charge on any atom is -0.310 e. The Hall–Kier alpha value is -0.970. The third-order valence-electron chi connectivity index (χ3n) is 5.12. The normalized spacial score (nSPS) is 21.0. The van der Waals surface area contributed by atoms with E-state index >= 15 is 0 Å². The lowest BCUT2D eigenvalue weighted by Gasteiger charge is -2.08. The average molecular weight is 265 g/mol. The van der Waals surface area contributed by atoms with Gasteiger partial charge < -0.3 is 5.32 Å². The summed E-state index contributed by atoms with van der Waals surface area (Å²) in [6.45, 7) is 16.4. The summed E-state index contributed by atoms with van der Waals surface area (Å²) in [6, 6.07) is 0. The average Bonchev–Trinajstić information content (AvgIpc) is 2.67. The second kappa shape index (κ2) is 4.85. The molecule has 5 nitrogen and oxygen atoms in total. The number of tetrazole rings is 1. The molecule has 0 spiro atoms. The summed E-state index contributed by atoms with van der Waals surface area (Å²) in [5.74, 6) is 2.23. The Kier molecular flexibility index (Phi) is 3.69. The van der Waals surface area contributed by atoms with Gasteiger partial charge in [0.2, 0.25) is 0 Å². The van der Waals surface area contributed by atoms with Crippen molar-refractivity contribution in [1.29, 1.82) is 0 Å². The highest BCUT2D eigenvalue weighted by Gasteiger charge is 2.64. The van der Waals surface area contributed by atoms with Gasteiger partial charge in [-0.2, -0.15) is 0 Å². The molecule has 0 aliphatic heterocycles. The van der Waals surface area contributed by atoms with E-state index in [1.807, 2.05) is 4.68 Å². The zero-order valence-corrected chi connectivity index (χ0v) is 13.1. The van der Waals surface area contributed by atoms with Crippen molar-refractivity contribution in [2.45, 2.75) is 54.6 Å². The summed E-state index contributed by atoms with van der Waals surface area (Å²) in [6.07, 6.45) is 0. The molecule has 0 saturated heterocycles. The molecule has 108 valence electrons. The summed E-state index contributed by atoms with van der Waals surface area (Å²) in [5, 5.41) is 15.5. The monoisotopic (exact) mass is 265 g/mol. The largest absolute Gasteiger partial charge is 0.310 e. The maximum Gasteiger partial charge on any atom is 0.165 e. The first-order chi connectivity index (χ1) is 8.76. The molecule has 1 fully saturated rings. The van der Waals surface area contributed by atoms with Crippen molar-refractivity contribution < 1.29 is 0 Å². The van der Waals surface area contributed by atoms with E-state index in [0.717, 1.165) is 25.5 Å². The van der Waals surface area contributed by atoms with Crippen molar-refractivity contribution >= 4 is 0 Å². The Bertz CT molecular complexity index is 419. The molecule has 0 atom stereocenters. The fourth-order valence-electron chi connectivity index (χ4n) is 2.93. The highest BCUT2D eigenvalue weighted by molar-refractivity contribution is 5.12. The molecule has 19 heavy (non-hydrogen) atoms. The van der Waals surface area contributed by atoms with Crippen LogP contribution in [0.4, 0.5) is 0 Å². The van der Waals surface area contributed by atoms with Crippen molar-refractivity contribution in [1.82, 2.24) is 25.5 Å². The van der Waals surface area contributed by atoms with Gasteiger partial charge in [-0.25, -0.2) is 4.68 Å². The van der Waals surface area contributed by atoms with Crippen molar-refractivity contribution in [3.63, 3.8) is 0 Å². The standard InChI is InChI=1S/C14H27N5/c1-10(2)7-15-8-12-16-17-18-19(12)9-11-13(3,4)14(11,5)6/h10-11,15H,7-9H2,1-6H3. The molecule has 2 rings (SSSR count). The van der Waals surface area contributed by atoms with Gasteiger partial charge in [0, 0.05) is 6.54 Å². The molecule has 1 N–H and O–H groups in total. The minimum atomic E-state index is 0.377. The summed E-state index contributed by atoms with van der Waals surface area (Å²) >= 11 is 0. The van der Waals surface area contributed by atoms with Crippen LogP contribution < -0.4 is 5.32 Å². The smallest absolute Gasteiger partial charge is 0.165 e. The van der Waals surface area contributed by atoms with Crippen LogP contribution in [-0.4, -0.2) is 26.8 Å². The Morgan fingerprint density at radius 1 is 1.21 bits per heavy atom. The molecule has 1 aliphatic carbocycles. The van der Waals surface area contributed by atoms with Crippen molar-refractivity contribution in [3.8, 4) is 0 Å². The lowest BCUT2D eigenvalue weighted by Crippen LogP contribution is -2.22. The molecule has 0 aromatic carbocycles. The molecule has 1 aromatic heterocycles. The second-order valence-electron chi connectivity index (χ2n) is 7.30. The number of hydrogen-bond acceptors (Lipinski definition) is 4. The van der Waals surface area contributed by atoms with E-state index in [2.05, 4.69) is 62.4 Å². The quantitative estimate of drug-likeness (QED) is 0.856. The topological polar surface area (TPSA) is 55.6 Å². The van der Waals surface area contributed by atoms with Gasteiger partial charge in [0.05, 0.1) is 6.54 Å². The van der Waals surface area contributed by atoms with Crippen molar-refractivity contribution in [2.24, 2.45) is 22.7 Å². The molecular weight excluding hydrogens is 238 g/mol. The zero-order valence-electron chi connectivity index (χ0n) is 13.1. The summed E-state index contributed by atoms with van der Waals surface area (Å²) in [5.41, 5.74) is 0.753. The number of nitrogens with one attached hydrogen (secondary N) is 1. The summed E-state index contributed by atoms with van der Waals surface area (Å²) in [4.78, 5) is 0. The SMILES string of the molecule is CC(C)CNCc1nnnn1CC1C(C)(C)C1(C)C. The molecule has 5 heteroatoms. The summed E-state index contributed by atoms with van der Waals surface area (Å²) in [7, 11) is 0. The molecule has 0 unspecified atom stereocenters. The van der Waals surface area contributed by atoms with E-state index in [9.17, 15) is 0 Å². The Balaban J connectivity index is 1.94. The van der Waals surface area contributed by atoms with E-state index in [0.29, 0.717) is 22.7 Å². The number of rotatable bonds is 6. The van der Waals surface area contributed by atoms with Crippen LogP contribution in [0, 0.1) is 22.7 Å². The van der Waals surface area contributed by atoms with Crippen LogP contribution >= 0.6 is 0 Å². The number of aromatic nitrogens is 4. The predicted molar refractivity (Wildman–Crippen MR) is 75.4 cm³/mol.